The van der Waals surface area contributed by atoms with Gasteiger partial charge in [-0.3, -0.25) is 0 Å². The van der Waals surface area contributed by atoms with Crippen molar-refractivity contribution >= 4 is 17.7 Å². The van der Waals surface area contributed by atoms with Gasteiger partial charge < -0.3 is 10.0 Å². The van der Waals surface area contributed by atoms with Gasteiger partial charge in [-0.1, -0.05) is 0 Å². The van der Waals surface area contributed by atoms with Gasteiger partial charge in [0.2, 0.25) is 0 Å². The number of nitrogens with zero attached hydrogens (tertiary/aromatic N) is 2. The number of carbonyl (C=O) groups is 1. The monoisotopic (exact) mass is 294 g/mol. The standard InChI is InChI=1S/C15H22N2O2S/c1-11-10-12(2)16-14(13(11)15(18)19)20-9-5-8-17-6-3-4-7-17/h10H,3-9H2,1-2H3,(H,18,19). The lowest BCUT2D eigenvalue weighted by Crippen LogP contribution is -2.20. The Balaban J connectivity index is 1.92. The molecule has 0 amide bonds. The molecule has 0 spiro atoms. The number of thioether (sulfide) groups is 1. The first-order chi connectivity index (χ1) is 9.58. The molecule has 0 saturated carbocycles. The second-order valence-corrected chi connectivity index (χ2v) is 6.40. The normalized spacial score (nSPS) is 15.7. The topological polar surface area (TPSA) is 53.4 Å². The summed E-state index contributed by atoms with van der Waals surface area (Å²) in [7, 11) is 0. The van der Waals surface area contributed by atoms with Crippen LogP contribution in [0, 0.1) is 13.8 Å². The molecule has 0 atom stereocenters. The Morgan fingerprint density at radius 3 is 2.75 bits per heavy atom. The van der Waals surface area contributed by atoms with E-state index in [0.29, 0.717) is 10.6 Å². The van der Waals surface area contributed by atoms with Crippen LogP contribution >= 0.6 is 11.8 Å². The van der Waals surface area contributed by atoms with E-state index in [4.69, 9.17) is 0 Å². The number of carboxylic acids is 1. The van der Waals surface area contributed by atoms with E-state index in [9.17, 15) is 9.90 Å². The van der Waals surface area contributed by atoms with Crippen LogP contribution in [0.5, 0.6) is 0 Å². The van der Waals surface area contributed by atoms with Gasteiger partial charge in [-0.05, 0) is 64.4 Å². The van der Waals surface area contributed by atoms with E-state index in [1.54, 1.807) is 11.8 Å². The number of likely N-dealkylation sites (tertiary alicyclic amines) is 1. The highest BCUT2D eigenvalue weighted by atomic mass is 32.2. The SMILES string of the molecule is Cc1cc(C)c(C(=O)O)c(SCCCN2CCCC2)n1. The maximum atomic E-state index is 11.3. The van der Waals surface area contributed by atoms with Crippen molar-refractivity contribution in [1.82, 2.24) is 9.88 Å². The molecular formula is C15H22N2O2S. The molecule has 1 aliphatic heterocycles. The smallest absolute Gasteiger partial charge is 0.338 e. The summed E-state index contributed by atoms with van der Waals surface area (Å²) in [4.78, 5) is 18.2. The molecule has 5 heteroatoms. The molecule has 2 rings (SSSR count). The molecule has 0 bridgehead atoms. The average molecular weight is 294 g/mol. The summed E-state index contributed by atoms with van der Waals surface area (Å²) < 4.78 is 0. The zero-order valence-corrected chi connectivity index (χ0v) is 13.0. The van der Waals surface area contributed by atoms with Crippen LogP contribution in [-0.2, 0) is 0 Å². The summed E-state index contributed by atoms with van der Waals surface area (Å²) in [5.74, 6) is 0.0455. The van der Waals surface area contributed by atoms with Crippen LogP contribution in [0.3, 0.4) is 0 Å². The molecule has 1 fully saturated rings. The van der Waals surface area contributed by atoms with Gasteiger partial charge in [-0.15, -0.1) is 11.8 Å². The number of aromatic carboxylic acids is 1. The Kier molecular flexibility index (Phi) is 5.43. The molecular weight excluding hydrogens is 272 g/mol. The zero-order valence-electron chi connectivity index (χ0n) is 12.2. The van der Waals surface area contributed by atoms with Gasteiger partial charge >= 0.3 is 5.97 Å². The van der Waals surface area contributed by atoms with Crippen molar-refractivity contribution in [3.05, 3.63) is 22.9 Å². The summed E-state index contributed by atoms with van der Waals surface area (Å²) in [6.45, 7) is 7.29. The summed E-state index contributed by atoms with van der Waals surface area (Å²) in [6.07, 6.45) is 3.71. The first-order valence-electron chi connectivity index (χ1n) is 7.14. The maximum Gasteiger partial charge on any atom is 0.338 e. The van der Waals surface area contributed by atoms with E-state index in [-0.39, 0.29) is 0 Å². The minimum absolute atomic E-state index is 0.363. The van der Waals surface area contributed by atoms with E-state index in [2.05, 4.69) is 9.88 Å². The van der Waals surface area contributed by atoms with E-state index >= 15 is 0 Å². The fraction of sp³-hybridized carbons (Fsp3) is 0.600. The molecule has 110 valence electrons. The van der Waals surface area contributed by atoms with Gasteiger partial charge in [0.1, 0.15) is 5.03 Å². The molecule has 1 N–H and O–H groups in total. The molecule has 0 aliphatic carbocycles. The Morgan fingerprint density at radius 1 is 1.40 bits per heavy atom. The predicted octanol–water partition coefficient (Wildman–Crippen LogP) is 2.97. The van der Waals surface area contributed by atoms with Crippen molar-refractivity contribution in [2.24, 2.45) is 0 Å². The highest BCUT2D eigenvalue weighted by molar-refractivity contribution is 7.99. The van der Waals surface area contributed by atoms with Gasteiger partial charge in [-0.25, -0.2) is 9.78 Å². The van der Waals surface area contributed by atoms with E-state index in [0.717, 1.165) is 30.0 Å². The van der Waals surface area contributed by atoms with Crippen molar-refractivity contribution in [2.75, 3.05) is 25.4 Å². The van der Waals surface area contributed by atoms with Crippen molar-refractivity contribution in [1.29, 1.82) is 0 Å². The van der Waals surface area contributed by atoms with Crippen LogP contribution in [0.15, 0.2) is 11.1 Å². The highest BCUT2D eigenvalue weighted by Gasteiger charge is 2.16. The van der Waals surface area contributed by atoms with Crippen molar-refractivity contribution in [3.8, 4) is 0 Å². The molecule has 0 unspecified atom stereocenters. The van der Waals surface area contributed by atoms with Crippen molar-refractivity contribution in [3.63, 3.8) is 0 Å². The van der Waals surface area contributed by atoms with Crippen LogP contribution in [0.1, 0.15) is 40.9 Å². The predicted molar refractivity (Wildman–Crippen MR) is 81.7 cm³/mol. The quantitative estimate of drug-likeness (QED) is 0.646. The first-order valence-corrected chi connectivity index (χ1v) is 8.13. The molecule has 2 heterocycles. The summed E-state index contributed by atoms with van der Waals surface area (Å²) >= 11 is 1.57. The van der Waals surface area contributed by atoms with Gasteiger partial charge in [0, 0.05) is 11.4 Å². The molecule has 0 aromatic carbocycles. The van der Waals surface area contributed by atoms with Crippen LogP contribution in [0.4, 0.5) is 0 Å². The van der Waals surface area contributed by atoms with Crippen molar-refractivity contribution in [2.45, 2.75) is 38.1 Å². The Bertz CT molecular complexity index is 485. The fourth-order valence-corrected chi connectivity index (χ4v) is 3.70. The third-order valence-corrected chi connectivity index (χ3v) is 4.64. The van der Waals surface area contributed by atoms with Gasteiger partial charge in [0.05, 0.1) is 5.56 Å². The van der Waals surface area contributed by atoms with Crippen LogP contribution in [0.2, 0.25) is 0 Å². The number of pyridine rings is 1. The van der Waals surface area contributed by atoms with Gasteiger partial charge in [0.15, 0.2) is 0 Å². The summed E-state index contributed by atoms with van der Waals surface area (Å²) in [6, 6.07) is 1.83. The van der Waals surface area contributed by atoms with Crippen LogP contribution < -0.4 is 0 Å². The lowest BCUT2D eigenvalue weighted by molar-refractivity contribution is 0.0691. The van der Waals surface area contributed by atoms with Crippen LogP contribution in [0.25, 0.3) is 0 Å². The third kappa shape index (κ3) is 3.96. The average Bonchev–Trinajstić information content (AvgIpc) is 2.86. The second kappa shape index (κ2) is 7.09. The summed E-state index contributed by atoms with van der Waals surface area (Å²) in [5, 5.41) is 9.97. The number of carboxylic acid groups (broad SMARTS) is 1. The first kappa shape index (κ1) is 15.3. The second-order valence-electron chi connectivity index (χ2n) is 5.32. The number of hydrogen-bond donors (Lipinski definition) is 1. The molecule has 0 radical (unpaired) electrons. The van der Waals surface area contributed by atoms with E-state index in [1.807, 2.05) is 19.9 Å². The summed E-state index contributed by atoms with van der Waals surface area (Å²) in [5.41, 5.74) is 2.04. The lowest BCUT2D eigenvalue weighted by atomic mass is 10.1. The Morgan fingerprint density at radius 2 is 2.10 bits per heavy atom. The third-order valence-electron chi connectivity index (χ3n) is 3.58. The Labute approximate surface area is 124 Å². The maximum absolute atomic E-state index is 11.3. The van der Waals surface area contributed by atoms with Crippen LogP contribution in [-0.4, -0.2) is 46.3 Å². The minimum Gasteiger partial charge on any atom is -0.478 e. The van der Waals surface area contributed by atoms with Gasteiger partial charge in [0.25, 0.3) is 0 Å². The van der Waals surface area contributed by atoms with Gasteiger partial charge in [-0.2, -0.15) is 0 Å². The van der Waals surface area contributed by atoms with E-state index < -0.39 is 5.97 Å². The molecule has 1 aromatic heterocycles. The van der Waals surface area contributed by atoms with E-state index in [1.165, 1.54) is 25.9 Å². The van der Waals surface area contributed by atoms with Crippen molar-refractivity contribution < 1.29 is 9.90 Å². The molecule has 1 aromatic rings. The zero-order chi connectivity index (χ0) is 14.5. The molecule has 1 saturated heterocycles. The molecule has 1 aliphatic rings. The number of hydrogen-bond acceptors (Lipinski definition) is 4. The lowest BCUT2D eigenvalue weighted by Gasteiger charge is -2.14. The number of aromatic nitrogens is 1. The fourth-order valence-electron chi connectivity index (χ4n) is 2.63. The number of aryl methyl sites for hydroxylation is 2. The highest BCUT2D eigenvalue weighted by Crippen LogP contribution is 2.25. The minimum atomic E-state index is -0.878. The molecule has 4 nitrogen and oxygen atoms in total. The Hall–Kier alpha value is -1.07. The molecule has 20 heavy (non-hydrogen) atoms. The largest absolute Gasteiger partial charge is 0.478 e. The number of rotatable bonds is 6.